The second-order valence-corrected chi connectivity index (χ2v) is 8.18. The fraction of sp³-hybridized carbons (Fsp3) is 0.600. The van der Waals surface area contributed by atoms with Crippen LogP contribution in [0.5, 0.6) is 0 Å². The van der Waals surface area contributed by atoms with E-state index in [1.807, 2.05) is 17.8 Å². The number of nitrogens with one attached hydrogen (secondary N) is 1. The summed E-state index contributed by atoms with van der Waals surface area (Å²) in [6, 6.07) is 2.16. The number of rotatable bonds is 5. The summed E-state index contributed by atoms with van der Waals surface area (Å²) in [7, 11) is 2.18. The average Bonchev–Trinajstić information content (AvgIpc) is 3.14. The van der Waals surface area contributed by atoms with Crippen LogP contribution in [0.1, 0.15) is 24.6 Å². The van der Waals surface area contributed by atoms with Crippen molar-refractivity contribution in [1.82, 2.24) is 29.2 Å². The molecule has 8 nitrogen and oxygen atoms in total. The summed E-state index contributed by atoms with van der Waals surface area (Å²) in [5, 5.41) is 8.19. The van der Waals surface area contributed by atoms with Gasteiger partial charge in [-0.2, -0.15) is 10.2 Å². The molecule has 3 heterocycles. The van der Waals surface area contributed by atoms with Gasteiger partial charge in [0.25, 0.3) is 0 Å². The molecule has 2 aromatic rings. The standard InChI is InChI=1S/C15H24N6O2S/c1-19-8-4-5-12(15(19)14-6-7-16-21(14)3)9-18-24(22,23)13-10-17-20(2)11-13/h6-7,10-12,15,18H,4-5,8-9H2,1-3H3/t12-,15+/m0/s1. The largest absolute Gasteiger partial charge is 0.298 e. The average molecular weight is 352 g/mol. The zero-order chi connectivity index (χ0) is 17.3. The van der Waals surface area contributed by atoms with E-state index in [1.165, 1.54) is 17.1 Å². The van der Waals surface area contributed by atoms with Crippen molar-refractivity contribution in [2.45, 2.75) is 23.8 Å². The zero-order valence-electron chi connectivity index (χ0n) is 14.3. The van der Waals surface area contributed by atoms with E-state index in [9.17, 15) is 8.42 Å². The molecule has 9 heteroatoms. The van der Waals surface area contributed by atoms with E-state index < -0.39 is 10.0 Å². The Morgan fingerprint density at radius 1 is 1.29 bits per heavy atom. The van der Waals surface area contributed by atoms with E-state index in [-0.39, 0.29) is 16.9 Å². The maximum atomic E-state index is 12.4. The Labute approximate surface area is 142 Å². The van der Waals surface area contributed by atoms with Gasteiger partial charge in [-0.25, -0.2) is 13.1 Å². The molecular weight excluding hydrogens is 328 g/mol. The molecule has 132 valence electrons. The van der Waals surface area contributed by atoms with Crippen LogP contribution in [0.2, 0.25) is 0 Å². The van der Waals surface area contributed by atoms with Crippen molar-refractivity contribution in [3.63, 3.8) is 0 Å². The van der Waals surface area contributed by atoms with Crippen molar-refractivity contribution in [2.24, 2.45) is 20.0 Å². The summed E-state index contributed by atoms with van der Waals surface area (Å²) in [5.41, 5.74) is 1.11. The van der Waals surface area contributed by atoms with Crippen LogP contribution in [0.25, 0.3) is 0 Å². The fourth-order valence-electron chi connectivity index (χ4n) is 3.45. The van der Waals surface area contributed by atoms with Gasteiger partial charge in [0.05, 0.1) is 17.9 Å². The third-order valence-electron chi connectivity index (χ3n) is 4.70. The van der Waals surface area contributed by atoms with Crippen molar-refractivity contribution in [1.29, 1.82) is 0 Å². The minimum absolute atomic E-state index is 0.155. The molecule has 0 spiro atoms. The molecule has 0 amide bonds. The molecule has 24 heavy (non-hydrogen) atoms. The molecule has 0 aromatic carbocycles. The molecule has 0 bridgehead atoms. The molecule has 0 aliphatic carbocycles. The van der Waals surface area contributed by atoms with Crippen LogP contribution in [0.15, 0.2) is 29.6 Å². The van der Waals surface area contributed by atoms with Crippen LogP contribution in [0, 0.1) is 5.92 Å². The SMILES string of the molecule is CN1CCC[C@@H](CNS(=O)(=O)c2cnn(C)c2)[C@@H]1c1ccnn1C. The van der Waals surface area contributed by atoms with Crippen molar-refractivity contribution in [2.75, 3.05) is 20.1 Å². The van der Waals surface area contributed by atoms with E-state index in [1.54, 1.807) is 13.2 Å². The second-order valence-electron chi connectivity index (χ2n) is 6.41. The minimum atomic E-state index is -3.53. The molecule has 0 radical (unpaired) electrons. The van der Waals surface area contributed by atoms with Gasteiger partial charge in [-0.3, -0.25) is 14.3 Å². The first-order valence-corrected chi connectivity index (χ1v) is 9.53. The van der Waals surface area contributed by atoms with Crippen LogP contribution in [-0.4, -0.2) is 53.0 Å². The maximum absolute atomic E-state index is 12.4. The quantitative estimate of drug-likeness (QED) is 0.848. The van der Waals surface area contributed by atoms with Gasteiger partial charge in [0.1, 0.15) is 4.90 Å². The van der Waals surface area contributed by atoms with E-state index in [0.717, 1.165) is 25.1 Å². The van der Waals surface area contributed by atoms with Crippen molar-refractivity contribution >= 4 is 10.0 Å². The second kappa shape index (κ2) is 6.66. The number of aryl methyl sites for hydroxylation is 2. The Bertz CT molecular complexity index is 797. The minimum Gasteiger partial charge on any atom is -0.298 e. The highest BCUT2D eigenvalue weighted by Crippen LogP contribution is 2.34. The molecule has 1 saturated heterocycles. The van der Waals surface area contributed by atoms with Crippen LogP contribution in [-0.2, 0) is 24.1 Å². The third kappa shape index (κ3) is 3.38. The number of hydrogen-bond donors (Lipinski definition) is 1. The Morgan fingerprint density at radius 2 is 2.08 bits per heavy atom. The predicted octanol–water partition coefficient (Wildman–Crippen LogP) is 0.515. The Kier molecular flexibility index (Phi) is 4.75. The lowest BCUT2D eigenvalue weighted by Crippen LogP contribution is -2.42. The maximum Gasteiger partial charge on any atom is 0.243 e. The normalized spacial score (nSPS) is 22.8. The molecular formula is C15H24N6O2S. The highest BCUT2D eigenvalue weighted by molar-refractivity contribution is 7.89. The van der Waals surface area contributed by atoms with Gasteiger partial charge in [0.15, 0.2) is 0 Å². The van der Waals surface area contributed by atoms with Crippen LogP contribution in [0.4, 0.5) is 0 Å². The molecule has 1 aliphatic heterocycles. The van der Waals surface area contributed by atoms with E-state index >= 15 is 0 Å². The number of piperidine rings is 1. The first kappa shape index (κ1) is 17.1. The molecule has 1 fully saturated rings. The third-order valence-corrected chi connectivity index (χ3v) is 6.07. The first-order chi connectivity index (χ1) is 11.4. The van der Waals surface area contributed by atoms with Crippen LogP contribution >= 0.6 is 0 Å². The van der Waals surface area contributed by atoms with Gasteiger partial charge in [-0.15, -0.1) is 0 Å². The summed E-state index contributed by atoms with van der Waals surface area (Å²) in [4.78, 5) is 2.48. The van der Waals surface area contributed by atoms with Crippen molar-refractivity contribution < 1.29 is 8.42 Å². The van der Waals surface area contributed by atoms with Gasteiger partial charge in [0, 0.05) is 33.0 Å². The van der Waals surface area contributed by atoms with Gasteiger partial charge < -0.3 is 0 Å². The van der Waals surface area contributed by atoms with Crippen molar-refractivity contribution in [3.8, 4) is 0 Å². The Morgan fingerprint density at radius 3 is 2.71 bits per heavy atom. The molecule has 2 atom stereocenters. The number of sulfonamides is 1. The monoisotopic (exact) mass is 352 g/mol. The fourth-order valence-corrected chi connectivity index (χ4v) is 4.53. The Balaban J connectivity index is 1.76. The van der Waals surface area contributed by atoms with E-state index in [4.69, 9.17) is 0 Å². The molecule has 0 unspecified atom stereocenters. The number of nitrogens with zero attached hydrogens (tertiary/aromatic N) is 5. The lowest BCUT2D eigenvalue weighted by Gasteiger charge is -2.39. The topological polar surface area (TPSA) is 85.1 Å². The number of likely N-dealkylation sites (tertiary alicyclic amines) is 1. The van der Waals surface area contributed by atoms with E-state index in [0.29, 0.717) is 6.54 Å². The predicted molar refractivity (Wildman–Crippen MR) is 89.7 cm³/mol. The van der Waals surface area contributed by atoms with Gasteiger partial charge >= 0.3 is 0 Å². The summed E-state index contributed by atoms with van der Waals surface area (Å²) in [6.45, 7) is 1.40. The van der Waals surface area contributed by atoms with Gasteiger partial charge in [-0.1, -0.05) is 0 Å². The van der Waals surface area contributed by atoms with Gasteiger partial charge in [0.2, 0.25) is 10.0 Å². The highest BCUT2D eigenvalue weighted by atomic mass is 32.2. The molecule has 3 rings (SSSR count). The van der Waals surface area contributed by atoms with Crippen LogP contribution in [0.3, 0.4) is 0 Å². The van der Waals surface area contributed by atoms with Gasteiger partial charge in [-0.05, 0) is 38.4 Å². The summed E-state index contributed by atoms with van der Waals surface area (Å²) in [5.74, 6) is 0.200. The summed E-state index contributed by atoms with van der Waals surface area (Å²) in [6.07, 6.45) is 6.70. The molecule has 1 aliphatic rings. The number of hydrogen-bond acceptors (Lipinski definition) is 5. The highest BCUT2D eigenvalue weighted by Gasteiger charge is 2.33. The lowest BCUT2D eigenvalue weighted by molar-refractivity contribution is 0.116. The van der Waals surface area contributed by atoms with Crippen LogP contribution < -0.4 is 4.72 Å². The Hall–Kier alpha value is -1.71. The molecule has 0 saturated carbocycles. The first-order valence-electron chi connectivity index (χ1n) is 8.05. The lowest BCUT2D eigenvalue weighted by atomic mass is 9.87. The van der Waals surface area contributed by atoms with Crippen molar-refractivity contribution in [3.05, 3.63) is 30.4 Å². The number of aromatic nitrogens is 4. The molecule has 2 aromatic heterocycles. The zero-order valence-corrected chi connectivity index (χ0v) is 15.1. The molecule has 1 N–H and O–H groups in total. The summed E-state index contributed by atoms with van der Waals surface area (Å²) < 4.78 is 31.0. The smallest absolute Gasteiger partial charge is 0.243 e. The van der Waals surface area contributed by atoms with E-state index in [2.05, 4.69) is 26.9 Å². The summed E-state index contributed by atoms with van der Waals surface area (Å²) >= 11 is 0.